The Balaban J connectivity index is 1.30. The van der Waals surface area contributed by atoms with Gasteiger partial charge in [-0.05, 0) is 54.9 Å². The van der Waals surface area contributed by atoms with Crippen molar-refractivity contribution >= 4 is 11.9 Å². The summed E-state index contributed by atoms with van der Waals surface area (Å²) in [7, 11) is 0. The molecule has 0 radical (unpaired) electrons. The Morgan fingerprint density at radius 1 is 1.00 bits per heavy atom. The molecule has 1 fully saturated rings. The first-order chi connectivity index (χ1) is 17.0. The number of aromatic nitrogens is 1. The highest BCUT2D eigenvalue weighted by molar-refractivity contribution is 5.82. The van der Waals surface area contributed by atoms with Crippen molar-refractivity contribution in [3.05, 3.63) is 107 Å². The molecule has 0 spiro atoms. The summed E-state index contributed by atoms with van der Waals surface area (Å²) in [5.74, 6) is 1.47. The number of aliphatic hydroxyl groups is 1. The highest BCUT2D eigenvalue weighted by Crippen LogP contribution is 2.48. The number of aliphatic hydroxyl groups excluding tert-OH is 1. The fourth-order valence-electron chi connectivity index (χ4n) is 4.74. The predicted molar refractivity (Wildman–Crippen MR) is 139 cm³/mol. The number of aryl methyl sites for hydroxylation is 1. The molecular weight excluding hydrogens is 434 g/mol. The highest BCUT2D eigenvalue weighted by atomic mass is 16.5. The van der Waals surface area contributed by atoms with E-state index in [2.05, 4.69) is 41.6 Å². The van der Waals surface area contributed by atoms with Crippen LogP contribution >= 0.6 is 0 Å². The zero-order valence-electron chi connectivity index (χ0n) is 20.0. The fraction of sp³-hybridized carbons (Fsp3) is 0.226. The average Bonchev–Trinajstić information content (AvgIpc) is 3.60. The molecule has 3 atom stereocenters. The van der Waals surface area contributed by atoms with Crippen molar-refractivity contribution in [2.45, 2.75) is 38.7 Å². The fourth-order valence-corrected chi connectivity index (χ4v) is 4.74. The van der Waals surface area contributed by atoms with Gasteiger partial charge in [0.2, 0.25) is 0 Å². The van der Waals surface area contributed by atoms with Gasteiger partial charge in [0.15, 0.2) is 5.76 Å². The van der Waals surface area contributed by atoms with Gasteiger partial charge in [0, 0.05) is 11.5 Å². The number of rotatable bonds is 8. The monoisotopic (exact) mass is 463 g/mol. The molecular formula is C31H29NO3. The summed E-state index contributed by atoms with van der Waals surface area (Å²) in [6, 6.07) is 26.7. The molecule has 4 nitrogen and oxygen atoms in total. The molecule has 1 saturated carbocycles. The van der Waals surface area contributed by atoms with Gasteiger partial charge in [-0.15, -0.1) is 0 Å². The highest BCUT2D eigenvalue weighted by Gasteiger charge is 2.41. The number of carbonyl (C=O) groups excluding carboxylic acids is 1. The zero-order valence-corrected chi connectivity index (χ0v) is 20.0. The van der Waals surface area contributed by atoms with Crippen LogP contribution in [0.15, 0.2) is 89.5 Å². The molecule has 0 amide bonds. The smallest absolute Gasteiger partial charge is 0.172 e. The summed E-state index contributed by atoms with van der Waals surface area (Å²) in [4.78, 5) is 11.6. The van der Waals surface area contributed by atoms with Crippen LogP contribution in [0.5, 0.6) is 0 Å². The van der Waals surface area contributed by atoms with E-state index in [1.165, 1.54) is 5.56 Å². The van der Waals surface area contributed by atoms with Crippen LogP contribution in [-0.2, 0) is 4.79 Å². The maximum absolute atomic E-state index is 11.6. The minimum Gasteiger partial charge on any atom is -0.388 e. The van der Waals surface area contributed by atoms with E-state index in [0.717, 1.165) is 34.2 Å². The molecule has 5 rings (SSSR count). The Kier molecular flexibility index (Phi) is 6.47. The molecule has 1 aliphatic carbocycles. The van der Waals surface area contributed by atoms with E-state index in [9.17, 15) is 9.90 Å². The van der Waals surface area contributed by atoms with Gasteiger partial charge in [-0.1, -0.05) is 96.2 Å². The van der Waals surface area contributed by atoms with Crippen LogP contribution < -0.4 is 0 Å². The molecule has 4 heteroatoms. The third-order valence-electron chi connectivity index (χ3n) is 6.84. The summed E-state index contributed by atoms with van der Waals surface area (Å²) in [5.41, 5.74) is 6.87. The third-order valence-corrected chi connectivity index (χ3v) is 6.84. The van der Waals surface area contributed by atoms with Gasteiger partial charge in [-0.2, -0.15) is 0 Å². The SMILES string of the molecule is CC(=O)[C@@H]1C[C@@H]1c1ccc(-c2ccc(-c3onc(C)c3C(O)C/C=C/c3ccccc3)cc2)cc1. The number of hydrogen-bond donors (Lipinski definition) is 1. The van der Waals surface area contributed by atoms with Crippen LogP contribution in [-0.4, -0.2) is 16.0 Å². The first kappa shape index (κ1) is 23.0. The van der Waals surface area contributed by atoms with Crippen LogP contribution in [0.2, 0.25) is 0 Å². The number of benzene rings is 3. The number of hydrogen-bond acceptors (Lipinski definition) is 4. The van der Waals surface area contributed by atoms with Crippen LogP contribution in [0, 0.1) is 12.8 Å². The van der Waals surface area contributed by atoms with Gasteiger partial charge >= 0.3 is 0 Å². The second-order valence-electron chi connectivity index (χ2n) is 9.33. The standard InChI is InChI=1S/C31H29NO3/c1-20-30(29(34)10-6-9-22-7-4-3-5-8-22)31(35-32-20)26-17-13-24(14-18-26)23-11-15-25(16-12-23)28-19-27(28)21(2)33/h3-9,11-18,27-29,34H,10,19H2,1-2H3/b9-6+/t27-,28+,29?/m0/s1. The first-order valence-electron chi connectivity index (χ1n) is 12.1. The summed E-state index contributed by atoms with van der Waals surface area (Å²) < 4.78 is 5.63. The van der Waals surface area contributed by atoms with E-state index >= 15 is 0 Å². The number of ketones is 1. The minimum atomic E-state index is -0.704. The largest absolute Gasteiger partial charge is 0.388 e. The molecule has 1 aliphatic rings. The summed E-state index contributed by atoms with van der Waals surface area (Å²) in [5, 5.41) is 15.0. The summed E-state index contributed by atoms with van der Waals surface area (Å²) in [6.45, 7) is 3.54. The van der Waals surface area contributed by atoms with Gasteiger partial charge in [0.1, 0.15) is 5.78 Å². The van der Waals surface area contributed by atoms with Crippen molar-refractivity contribution in [2.75, 3.05) is 0 Å². The lowest BCUT2D eigenvalue weighted by Crippen LogP contribution is -1.98. The molecule has 0 bridgehead atoms. The predicted octanol–water partition coefficient (Wildman–Crippen LogP) is 7.15. The molecule has 1 N–H and O–H groups in total. The van der Waals surface area contributed by atoms with Crippen molar-refractivity contribution in [3.63, 3.8) is 0 Å². The Morgan fingerprint density at radius 3 is 2.26 bits per heavy atom. The average molecular weight is 464 g/mol. The van der Waals surface area contributed by atoms with E-state index < -0.39 is 6.10 Å². The Morgan fingerprint density at radius 2 is 1.63 bits per heavy atom. The molecule has 3 aromatic carbocycles. The summed E-state index contributed by atoms with van der Waals surface area (Å²) in [6.07, 6.45) is 4.72. The lowest BCUT2D eigenvalue weighted by molar-refractivity contribution is -0.118. The van der Waals surface area contributed by atoms with Crippen molar-refractivity contribution in [3.8, 4) is 22.5 Å². The van der Waals surface area contributed by atoms with Gasteiger partial charge in [-0.3, -0.25) is 4.79 Å². The zero-order chi connectivity index (χ0) is 24.4. The Hall–Kier alpha value is -3.76. The van der Waals surface area contributed by atoms with Crippen LogP contribution in [0.1, 0.15) is 54.2 Å². The van der Waals surface area contributed by atoms with E-state index in [1.807, 2.05) is 61.5 Å². The number of carbonyl (C=O) groups is 1. The van der Waals surface area contributed by atoms with Crippen molar-refractivity contribution in [1.82, 2.24) is 5.16 Å². The second kappa shape index (κ2) is 9.85. The molecule has 4 aromatic rings. The van der Waals surface area contributed by atoms with Crippen LogP contribution in [0.25, 0.3) is 28.5 Å². The first-order valence-corrected chi connectivity index (χ1v) is 12.1. The molecule has 1 aromatic heterocycles. The second-order valence-corrected chi connectivity index (χ2v) is 9.33. The minimum absolute atomic E-state index is 0.198. The maximum atomic E-state index is 11.6. The van der Waals surface area contributed by atoms with Gasteiger partial charge in [0.25, 0.3) is 0 Å². The Bertz CT molecular complexity index is 1330. The molecule has 0 aliphatic heterocycles. The molecule has 176 valence electrons. The van der Waals surface area contributed by atoms with Gasteiger partial charge in [-0.25, -0.2) is 0 Å². The quantitative estimate of drug-likeness (QED) is 0.301. The number of nitrogens with zero attached hydrogens (tertiary/aromatic N) is 1. The lowest BCUT2D eigenvalue weighted by Gasteiger charge is -2.10. The van der Waals surface area contributed by atoms with Crippen molar-refractivity contribution in [1.29, 1.82) is 0 Å². The maximum Gasteiger partial charge on any atom is 0.172 e. The van der Waals surface area contributed by atoms with E-state index in [1.54, 1.807) is 6.92 Å². The molecule has 0 saturated heterocycles. The Labute approximate surface area is 205 Å². The number of Topliss-reactive ketones (excluding diaryl/α,β-unsaturated/α-hetero) is 1. The van der Waals surface area contributed by atoms with Crippen molar-refractivity contribution in [2.24, 2.45) is 5.92 Å². The van der Waals surface area contributed by atoms with Crippen LogP contribution in [0.3, 0.4) is 0 Å². The third kappa shape index (κ3) is 5.03. The topological polar surface area (TPSA) is 63.3 Å². The summed E-state index contributed by atoms with van der Waals surface area (Å²) >= 11 is 0. The molecule has 35 heavy (non-hydrogen) atoms. The van der Waals surface area contributed by atoms with E-state index in [0.29, 0.717) is 23.8 Å². The van der Waals surface area contributed by atoms with Crippen molar-refractivity contribution < 1.29 is 14.4 Å². The van der Waals surface area contributed by atoms with Gasteiger partial charge in [0.05, 0.1) is 17.4 Å². The van der Waals surface area contributed by atoms with E-state index in [4.69, 9.17) is 4.52 Å². The molecule has 1 heterocycles. The van der Waals surface area contributed by atoms with Crippen LogP contribution in [0.4, 0.5) is 0 Å². The lowest BCUT2D eigenvalue weighted by atomic mass is 9.97. The van der Waals surface area contributed by atoms with E-state index in [-0.39, 0.29) is 11.7 Å². The van der Waals surface area contributed by atoms with Gasteiger partial charge < -0.3 is 9.63 Å². The molecule has 1 unspecified atom stereocenters. The normalized spacial score (nSPS) is 18.0.